The molecule has 60 heavy (non-hydrogen) atoms. The molecule has 8 bridgehead atoms. The molecule has 5 heterocycles. The maximum Gasteiger partial charge on any atom is 0.336 e. The lowest BCUT2D eigenvalue weighted by Gasteiger charge is -2.22. The van der Waals surface area contributed by atoms with Crippen LogP contribution in [0.4, 0.5) is 0 Å². The van der Waals surface area contributed by atoms with E-state index in [2.05, 4.69) is 9.97 Å². The fourth-order valence-electron chi connectivity index (χ4n) is 8.21. The number of aromatic nitrogens is 4. The van der Waals surface area contributed by atoms with Crippen molar-refractivity contribution in [2.24, 2.45) is 5.92 Å². The number of carbonyl (C=O) groups is 4. The summed E-state index contributed by atoms with van der Waals surface area (Å²) >= 11 is 0. The lowest BCUT2D eigenvalue weighted by atomic mass is 9.82. The molecule has 12 heteroatoms. The number of aliphatic carboxylic acids is 1. The molecule has 3 aromatic carbocycles. The van der Waals surface area contributed by atoms with Crippen LogP contribution in [0.2, 0.25) is 0 Å². The fraction of sp³-hybridized carbons (Fsp3) is 0.0417. The number of benzene rings is 3. The summed E-state index contributed by atoms with van der Waals surface area (Å²) in [5, 5.41) is 41.6. The Morgan fingerprint density at radius 1 is 0.450 bits per heavy atom. The third-order valence-electron chi connectivity index (χ3n) is 10.8. The van der Waals surface area contributed by atoms with Crippen LogP contribution in [0, 0.1) is 5.92 Å². The molecule has 0 fully saturated rings. The van der Waals surface area contributed by atoms with Crippen molar-refractivity contribution in [2.75, 3.05) is 0 Å². The first-order valence-electron chi connectivity index (χ1n) is 18.8. The highest BCUT2D eigenvalue weighted by atomic mass is 16.4. The Kier molecular flexibility index (Phi) is 9.21. The standard InChI is InChI=1S/C48H32N4O8/c53-45(54)29-13-5-1-9-25(29)41-33-17-19-35(49-33)42(26-10-2-6-14-30(26)46(55)56)37-21-23-39(51-37)44(28-12-4-8-16-32(28)48(59)60)40-24-22-38(52-40)43(36-20-18-34(41)50-36)27-11-3-7-15-31(27)47(57)58/h1-25,29,49,52H,(H,53,54)(H,55,56)(H,57,58)(H,59,60). The fourth-order valence-corrected chi connectivity index (χ4v) is 8.21. The summed E-state index contributed by atoms with van der Waals surface area (Å²) in [6.45, 7) is 0. The topological polar surface area (TPSA) is 207 Å². The molecule has 9 rings (SSSR count). The summed E-state index contributed by atoms with van der Waals surface area (Å²) in [5.74, 6) is -6.22. The normalized spacial score (nSPS) is 15.3. The molecule has 0 spiro atoms. The van der Waals surface area contributed by atoms with Crippen molar-refractivity contribution in [3.63, 3.8) is 0 Å². The molecule has 292 valence electrons. The van der Waals surface area contributed by atoms with Crippen LogP contribution in [0.15, 0.2) is 121 Å². The second-order valence-corrected chi connectivity index (χ2v) is 14.3. The molecule has 12 nitrogen and oxygen atoms in total. The lowest BCUT2D eigenvalue weighted by molar-refractivity contribution is -0.140. The molecule has 1 aliphatic carbocycles. The third kappa shape index (κ3) is 6.38. The molecule has 6 aromatic rings. The highest BCUT2D eigenvalue weighted by molar-refractivity contribution is 6.06. The Morgan fingerprint density at radius 2 is 0.817 bits per heavy atom. The number of carboxylic acid groups (broad SMARTS) is 4. The maximum absolute atomic E-state index is 12.8. The van der Waals surface area contributed by atoms with Gasteiger partial charge in [0.05, 0.1) is 45.4 Å². The number of H-pyrrole nitrogens is 2. The van der Waals surface area contributed by atoms with Crippen LogP contribution in [0.3, 0.4) is 0 Å². The number of rotatable bonds is 8. The number of aromatic carboxylic acids is 3. The van der Waals surface area contributed by atoms with E-state index in [1.807, 2.05) is 0 Å². The average Bonchev–Trinajstić information content (AvgIpc) is 4.09. The molecule has 2 unspecified atom stereocenters. The molecule has 2 atom stereocenters. The van der Waals surface area contributed by atoms with Crippen molar-refractivity contribution in [2.45, 2.75) is 5.92 Å². The molecule has 0 radical (unpaired) electrons. The van der Waals surface area contributed by atoms with Gasteiger partial charge in [0.1, 0.15) is 0 Å². The molecule has 0 saturated heterocycles. The van der Waals surface area contributed by atoms with Gasteiger partial charge in [-0.1, -0.05) is 78.9 Å². The molecular weight excluding hydrogens is 761 g/mol. The number of allylic oxidation sites excluding steroid dienone is 3. The highest BCUT2D eigenvalue weighted by Gasteiger charge is 2.31. The van der Waals surface area contributed by atoms with Crippen molar-refractivity contribution in [1.29, 1.82) is 0 Å². The number of carboxylic acids is 4. The predicted octanol–water partition coefficient (Wildman–Crippen LogP) is 9.66. The van der Waals surface area contributed by atoms with E-state index in [0.717, 1.165) is 0 Å². The summed E-state index contributed by atoms with van der Waals surface area (Å²) in [4.78, 5) is 68.1. The Balaban J connectivity index is 1.51. The van der Waals surface area contributed by atoms with Crippen LogP contribution in [-0.2, 0) is 4.79 Å². The van der Waals surface area contributed by atoms with E-state index in [1.54, 1.807) is 127 Å². The number of hydrogen-bond acceptors (Lipinski definition) is 6. The predicted molar refractivity (Wildman–Crippen MR) is 228 cm³/mol. The number of aromatic amines is 2. The quantitative estimate of drug-likeness (QED) is 0.0859. The third-order valence-corrected chi connectivity index (χ3v) is 10.8. The molecule has 6 N–H and O–H groups in total. The van der Waals surface area contributed by atoms with E-state index < -0.39 is 35.7 Å². The second kappa shape index (κ2) is 14.8. The maximum atomic E-state index is 12.8. The van der Waals surface area contributed by atoms with Crippen LogP contribution in [-0.4, -0.2) is 64.2 Å². The second-order valence-electron chi connectivity index (χ2n) is 14.3. The lowest BCUT2D eigenvalue weighted by Crippen LogP contribution is -2.21. The Hall–Kier alpha value is -8.38. The SMILES string of the molecule is O=C(O)c1ccccc1-c1c2nc(c(-c3ccccc3C(=O)O)c3ccc([nH]3)c(C3C=CC=CC3C(=O)O)c3nc(c(-c4ccccc4C(=O)O)c4ccc1[nH]4)C=C3)C=C2. The van der Waals surface area contributed by atoms with Gasteiger partial charge in [0.25, 0.3) is 0 Å². The van der Waals surface area contributed by atoms with E-state index in [9.17, 15) is 39.6 Å². The largest absolute Gasteiger partial charge is 0.481 e. The van der Waals surface area contributed by atoms with Crippen molar-refractivity contribution in [3.8, 4) is 33.4 Å². The van der Waals surface area contributed by atoms with E-state index in [1.165, 1.54) is 18.2 Å². The smallest absolute Gasteiger partial charge is 0.336 e. The van der Waals surface area contributed by atoms with E-state index in [4.69, 9.17) is 9.97 Å². The summed E-state index contributed by atoms with van der Waals surface area (Å²) in [5.41, 5.74) is 6.36. The molecular formula is C48H32N4O8. The van der Waals surface area contributed by atoms with Gasteiger partial charge in [-0.15, -0.1) is 0 Å². The minimum Gasteiger partial charge on any atom is -0.481 e. The zero-order valence-electron chi connectivity index (χ0n) is 31.3. The van der Waals surface area contributed by atoms with Crippen molar-refractivity contribution < 1.29 is 39.6 Å². The number of hydrogen-bond donors (Lipinski definition) is 6. The molecule has 0 amide bonds. The van der Waals surface area contributed by atoms with E-state index >= 15 is 0 Å². The summed E-state index contributed by atoms with van der Waals surface area (Å²) in [6, 6.07) is 26.7. The van der Waals surface area contributed by atoms with Gasteiger partial charge in [0.15, 0.2) is 0 Å². The number of fused-ring (bicyclic) bond motifs is 8. The summed E-state index contributed by atoms with van der Waals surface area (Å²) in [6.07, 6.45) is 13.8. The summed E-state index contributed by atoms with van der Waals surface area (Å²) < 4.78 is 0. The van der Waals surface area contributed by atoms with Gasteiger partial charge in [-0.05, 0) is 66.8 Å². The first-order chi connectivity index (χ1) is 29.1. The van der Waals surface area contributed by atoms with Crippen LogP contribution in [0.1, 0.15) is 65.3 Å². The number of nitrogens with one attached hydrogen (secondary N) is 2. The Bertz CT molecular complexity index is 3090. The average molecular weight is 793 g/mol. The number of nitrogens with zero attached hydrogens (tertiary/aromatic N) is 2. The monoisotopic (exact) mass is 792 g/mol. The van der Waals surface area contributed by atoms with E-state index in [0.29, 0.717) is 83.8 Å². The van der Waals surface area contributed by atoms with Gasteiger partial charge >= 0.3 is 23.9 Å². The van der Waals surface area contributed by atoms with Crippen LogP contribution in [0.5, 0.6) is 0 Å². The van der Waals surface area contributed by atoms with Gasteiger partial charge in [-0.2, -0.15) is 0 Å². The Morgan fingerprint density at radius 3 is 1.25 bits per heavy atom. The van der Waals surface area contributed by atoms with Crippen LogP contribution in [0.25, 0.3) is 79.8 Å². The van der Waals surface area contributed by atoms with Crippen molar-refractivity contribution in [3.05, 3.63) is 166 Å². The zero-order valence-corrected chi connectivity index (χ0v) is 31.3. The molecule has 2 aliphatic heterocycles. The minimum absolute atomic E-state index is 0.00847. The summed E-state index contributed by atoms with van der Waals surface area (Å²) in [7, 11) is 0. The van der Waals surface area contributed by atoms with Crippen LogP contribution >= 0.6 is 0 Å². The van der Waals surface area contributed by atoms with Gasteiger partial charge in [-0.3, -0.25) is 4.79 Å². The van der Waals surface area contributed by atoms with Crippen LogP contribution < -0.4 is 0 Å². The molecule has 3 aliphatic rings. The first-order valence-corrected chi connectivity index (χ1v) is 18.8. The van der Waals surface area contributed by atoms with Crippen molar-refractivity contribution in [1.82, 2.24) is 19.9 Å². The van der Waals surface area contributed by atoms with Gasteiger partial charge in [0.2, 0.25) is 0 Å². The van der Waals surface area contributed by atoms with Gasteiger partial charge < -0.3 is 30.4 Å². The molecule has 0 saturated carbocycles. The van der Waals surface area contributed by atoms with Gasteiger partial charge in [0, 0.05) is 66.9 Å². The zero-order chi connectivity index (χ0) is 41.7. The molecule has 3 aromatic heterocycles. The van der Waals surface area contributed by atoms with Gasteiger partial charge in [-0.25, -0.2) is 24.4 Å². The first kappa shape index (κ1) is 37.2. The van der Waals surface area contributed by atoms with E-state index in [-0.39, 0.29) is 16.7 Å². The minimum atomic E-state index is -1.16. The van der Waals surface area contributed by atoms with Crippen molar-refractivity contribution >= 4 is 70.2 Å². The highest BCUT2D eigenvalue weighted by Crippen LogP contribution is 2.41. The Labute approximate surface area is 340 Å².